The van der Waals surface area contributed by atoms with Crippen LogP contribution in [0.2, 0.25) is 0 Å². The van der Waals surface area contributed by atoms with Crippen LogP contribution in [0.25, 0.3) is 0 Å². The van der Waals surface area contributed by atoms with Crippen LogP contribution in [0.15, 0.2) is 28.7 Å². The van der Waals surface area contributed by atoms with E-state index in [1.54, 1.807) is 0 Å². The Labute approximate surface area is 123 Å². The van der Waals surface area contributed by atoms with E-state index in [-0.39, 0.29) is 23.8 Å². The Bertz CT molecular complexity index is 426. The van der Waals surface area contributed by atoms with Gasteiger partial charge >= 0.3 is 5.97 Å². The summed E-state index contributed by atoms with van der Waals surface area (Å²) in [6.45, 7) is 6.62. The van der Waals surface area contributed by atoms with Crippen molar-refractivity contribution >= 4 is 21.9 Å². The lowest BCUT2D eigenvalue weighted by Crippen LogP contribution is -2.29. The van der Waals surface area contributed by atoms with Gasteiger partial charge < -0.3 is 10.5 Å². The second-order valence-corrected chi connectivity index (χ2v) is 6.94. The highest BCUT2D eigenvalue weighted by molar-refractivity contribution is 9.10. The van der Waals surface area contributed by atoms with Crippen molar-refractivity contribution in [1.29, 1.82) is 0 Å². The van der Waals surface area contributed by atoms with Gasteiger partial charge in [0, 0.05) is 10.5 Å². The van der Waals surface area contributed by atoms with Crippen LogP contribution < -0.4 is 5.73 Å². The van der Waals surface area contributed by atoms with E-state index >= 15 is 0 Å². The first kappa shape index (κ1) is 16.2. The normalized spacial score (nSPS) is 13.1. The predicted molar refractivity (Wildman–Crippen MR) is 80.6 cm³/mol. The molecule has 2 N–H and O–H groups in total. The van der Waals surface area contributed by atoms with Gasteiger partial charge in [0.05, 0.1) is 6.42 Å². The van der Waals surface area contributed by atoms with Gasteiger partial charge in [-0.15, -0.1) is 0 Å². The molecule has 1 atom stereocenters. The van der Waals surface area contributed by atoms with Crippen LogP contribution in [0.1, 0.15) is 39.2 Å². The zero-order valence-corrected chi connectivity index (χ0v) is 13.4. The molecule has 1 unspecified atom stereocenters. The third kappa shape index (κ3) is 7.33. The van der Waals surface area contributed by atoms with Crippen LogP contribution >= 0.6 is 15.9 Å². The number of hydrogen-bond donors (Lipinski definition) is 1. The van der Waals surface area contributed by atoms with Crippen LogP contribution in [-0.4, -0.2) is 12.0 Å². The molecule has 0 aromatic heterocycles. The van der Waals surface area contributed by atoms with Gasteiger partial charge in [-0.3, -0.25) is 4.79 Å². The summed E-state index contributed by atoms with van der Waals surface area (Å²) in [6.07, 6.45) is 1.07. The Kier molecular flexibility index (Phi) is 6.01. The summed E-state index contributed by atoms with van der Waals surface area (Å²) in [6, 6.07) is 7.56. The molecular weight excluding hydrogens is 306 g/mol. The number of benzene rings is 1. The molecule has 1 aromatic rings. The number of hydrogen-bond acceptors (Lipinski definition) is 3. The van der Waals surface area contributed by atoms with Crippen LogP contribution in [0.3, 0.4) is 0 Å². The molecule has 0 saturated heterocycles. The smallest absolute Gasteiger partial charge is 0.307 e. The zero-order valence-electron chi connectivity index (χ0n) is 11.8. The van der Waals surface area contributed by atoms with E-state index in [1.807, 2.05) is 24.3 Å². The summed E-state index contributed by atoms with van der Waals surface area (Å²) in [5.41, 5.74) is 7.04. The molecule has 19 heavy (non-hydrogen) atoms. The Morgan fingerprint density at radius 3 is 2.68 bits per heavy atom. The van der Waals surface area contributed by atoms with Crippen LogP contribution in [0.5, 0.6) is 0 Å². The molecule has 106 valence electrons. The number of carbonyl (C=O) groups is 1. The lowest BCUT2D eigenvalue weighted by atomic mass is 9.87. The Balaban J connectivity index is 2.36. The fraction of sp³-hybridized carbons (Fsp3) is 0.533. The van der Waals surface area contributed by atoms with Crippen LogP contribution in [-0.2, 0) is 16.1 Å². The average molecular weight is 328 g/mol. The first-order valence-corrected chi connectivity index (χ1v) is 7.21. The topological polar surface area (TPSA) is 52.3 Å². The molecule has 0 amide bonds. The number of rotatable bonds is 5. The lowest BCUT2D eigenvalue weighted by Gasteiger charge is -2.22. The summed E-state index contributed by atoms with van der Waals surface area (Å²) in [5.74, 6) is -0.239. The van der Waals surface area contributed by atoms with E-state index < -0.39 is 0 Å². The third-order valence-corrected chi connectivity index (χ3v) is 3.09. The van der Waals surface area contributed by atoms with Gasteiger partial charge in [0.2, 0.25) is 0 Å². The minimum absolute atomic E-state index is 0.129. The predicted octanol–water partition coefficient (Wildman–Crippen LogP) is 3.65. The number of nitrogens with two attached hydrogens (primary N) is 1. The molecule has 0 spiro atoms. The highest BCUT2D eigenvalue weighted by Gasteiger charge is 2.18. The molecule has 4 heteroatoms. The quantitative estimate of drug-likeness (QED) is 0.840. The van der Waals surface area contributed by atoms with E-state index in [1.165, 1.54) is 0 Å². The van der Waals surface area contributed by atoms with E-state index in [9.17, 15) is 4.79 Å². The minimum atomic E-state index is -0.239. The Morgan fingerprint density at radius 1 is 1.42 bits per heavy atom. The fourth-order valence-corrected chi connectivity index (χ4v) is 2.37. The molecule has 0 fully saturated rings. The summed E-state index contributed by atoms with van der Waals surface area (Å²) in [4.78, 5) is 11.7. The van der Waals surface area contributed by atoms with Crippen molar-refractivity contribution in [3.8, 4) is 0 Å². The van der Waals surface area contributed by atoms with Gasteiger partial charge in [0.15, 0.2) is 0 Å². The molecular formula is C15H22BrNO2. The van der Waals surface area contributed by atoms with E-state index in [2.05, 4.69) is 36.7 Å². The molecule has 0 saturated carbocycles. The Hall–Kier alpha value is -0.870. The maximum absolute atomic E-state index is 11.7. The monoisotopic (exact) mass is 327 g/mol. The molecule has 0 radical (unpaired) electrons. The zero-order chi connectivity index (χ0) is 14.5. The first-order chi connectivity index (χ1) is 8.76. The average Bonchev–Trinajstić information content (AvgIpc) is 2.23. The van der Waals surface area contributed by atoms with Crippen molar-refractivity contribution in [3.63, 3.8) is 0 Å². The second-order valence-electron chi connectivity index (χ2n) is 6.02. The molecule has 0 bridgehead atoms. The number of ether oxygens (including phenoxy) is 1. The summed E-state index contributed by atoms with van der Waals surface area (Å²) >= 11 is 3.38. The van der Waals surface area contributed by atoms with Gasteiger partial charge in [-0.1, -0.05) is 48.8 Å². The van der Waals surface area contributed by atoms with E-state index in [4.69, 9.17) is 10.5 Å². The third-order valence-electron chi connectivity index (χ3n) is 2.59. The number of esters is 1. The maximum atomic E-state index is 11.7. The molecule has 1 rings (SSSR count). The molecule has 0 aliphatic carbocycles. The van der Waals surface area contributed by atoms with Crippen molar-refractivity contribution in [1.82, 2.24) is 0 Å². The van der Waals surface area contributed by atoms with Crippen molar-refractivity contribution in [2.24, 2.45) is 11.1 Å². The number of halogens is 1. The van der Waals surface area contributed by atoms with E-state index in [0.29, 0.717) is 6.61 Å². The van der Waals surface area contributed by atoms with Crippen molar-refractivity contribution < 1.29 is 9.53 Å². The summed E-state index contributed by atoms with van der Waals surface area (Å²) < 4.78 is 6.21. The van der Waals surface area contributed by atoms with E-state index in [0.717, 1.165) is 16.5 Å². The van der Waals surface area contributed by atoms with Gasteiger partial charge in [0.25, 0.3) is 0 Å². The van der Waals surface area contributed by atoms with Crippen molar-refractivity contribution in [2.45, 2.75) is 46.3 Å². The summed E-state index contributed by atoms with van der Waals surface area (Å²) in [7, 11) is 0. The SMILES string of the molecule is CC(C)(C)CC(N)CC(=O)OCc1cccc(Br)c1. The Morgan fingerprint density at radius 2 is 2.11 bits per heavy atom. The maximum Gasteiger partial charge on any atom is 0.307 e. The van der Waals surface area contributed by atoms with Crippen LogP contribution in [0.4, 0.5) is 0 Å². The molecule has 0 aliphatic heterocycles. The van der Waals surface area contributed by atoms with Crippen LogP contribution in [0, 0.1) is 5.41 Å². The number of carbonyl (C=O) groups excluding carboxylic acids is 1. The second kappa shape index (κ2) is 7.06. The highest BCUT2D eigenvalue weighted by atomic mass is 79.9. The highest BCUT2D eigenvalue weighted by Crippen LogP contribution is 2.21. The van der Waals surface area contributed by atoms with Gasteiger partial charge in [-0.2, -0.15) is 0 Å². The standard InChI is InChI=1S/C15H22BrNO2/c1-15(2,3)9-13(17)8-14(18)19-10-11-5-4-6-12(16)7-11/h4-7,13H,8-10,17H2,1-3H3. The van der Waals surface area contributed by atoms with Crippen molar-refractivity contribution in [3.05, 3.63) is 34.3 Å². The van der Waals surface area contributed by atoms with Gasteiger partial charge in [-0.05, 0) is 29.5 Å². The summed E-state index contributed by atoms with van der Waals surface area (Å²) in [5, 5.41) is 0. The molecule has 1 aromatic carbocycles. The van der Waals surface area contributed by atoms with Gasteiger partial charge in [-0.25, -0.2) is 0 Å². The van der Waals surface area contributed by atoms with Gasteiger partial charge in [0.1, 0.15) is 6.61 Å². The molecule has 0 heterocycles. The molecule has 0 aliphatic rings. The fourth-order valence-electron chi connectivity index (χ4n) is 1.92. The largest absolute Gasteiger partial charge is 0.461 e. The van der Waals surface area contributed by atoms with Crippen molar-refractivity contribution in [2.75, 3.05) is 0 Å². The molecule has 3 nitrogen and oxygen atoms in total. The minimum Gasteiger partial charge on any atom is -0.461 e. The first-order valence-electron chi connectivity index (χ1n) is 6.42. The lowest BCUT2D eigenvalue weighted by molar-refractivity contribution is -0.145.